The number of aryl methyl sites for hydroxylation is 1. The SMILES string of the molecule is CCOc1nc(N2CCNCC2)nc2c1sc1nc(-c3ccc(-c4cccnc4)cc3)nc(C)c12. The third kappa shape index (κ3) is 4.06. The number of ether oxygens (including phenoxy) is 1. The molecule has 0 spiro atoms. The summed E-state index contributed by atoms with van der Waals surface area (Å²) in [6.45, 7) is 8.12. The topological polar surface area (TPSA) is 89.0 Å². The van der Waals surface area contributed by atoms with Crippen LogP contribution < -0.4 is 15.0 Å². The third-order valence-corrected chi connectivity index (χ3v) is 7.19. The summed E-state index contributed by atoms with van der Waals surface area (Å²) in [4.78, 5) is 26.9. The van der Waals surface area contributed by atoms with Gasteiger partial charge in [0.1, 0.15) is 15.0 Å². The molecule has 1 fully saturated rings. The van der Waals surface area contributed by atoms with Crippen LogP contribution in [0.15, 0.2) is 48.8 Å². The van der Waals surface area contributed by atoms with Crippen molar-refractivity contribution in [2.24, 2.45) is 0 Å². The van der Waals surface area contributed by atoms with Crippen LogP contribution in [-0.2, 0) is 0 Å². The number of hydrogen-bond donors (Lipinski definition) is 1. The van der Waals surface area contributed by atoms with Crippen LogP contribution in [0.3, 0.4) is 0 Å². The van der Waals surface area contributed by atoms with Crippen molar-refractivity contribution in [1.29, 1.82) is 0 Å². The van der Waals surface area contributed by atoms with Crippen LogP contribution in [-0.4, -0.2) is 57.7 Å². The Morgan fingerprint density at radius 1 is 0.971 bits per heavy atom. The van der Waals surface area contributed by atoms with E-state index in [1.165, 1.54) is 0 Å². The molecule has 5 heterocycles. The Morgan fingerprint density at radius 3 is 2.51 bits per heavy atom. The van der Waals surface area contributed by atoms with Crippen molar-refractivity contribution in [2.75, 3.05) is 37.7 Å². The van der Waals surface area contributed by atoms with Crippen molar-refractivity contribution in [3.8, 4) is 28.4 Å². The zero-order valence-electron chi connectivity index (χ0n) is 19.7. The smallest absolute Gasteiger partial charge is 0.236 e. The average molecular weight is 484 g/mol. The number of piperazine rings is 1. The predicted octanol–water partition coefficient (Wildman–Crippen LogP) is 4.48. The number of fused-ring (bicyclic) bond motifs is 3. The van der Waals surface area contributed by atoms with Crippen LogP contribution in [0.25, 0.3) is 42.9 Å². The van der Waals surface area contributed by atoms with Crippen molar-refractivity contribution in [2.45, 2.75) is 13.8 Å². The van der Waals surface area contributed by atoms with Crippen LogP contribution in [0.1, 0.15) is 12.6 Å². The van der Waals surface area contributed by atoms with Gasteiger partial charge in [0.05, 0.1) is 17.7 Å². The first-order valence-electron chi connectivity index (χ1n) is 11.8. The molecule has 1 aromatic carbocycles. The number of thiophene rings is 1. The summed E-state index contributed by atoms with van der Waals surface area (Å²) >= 11 is 1.57. The normalized spacial score (nSPS) is 14.1. The molecule has 1 saturated heterocycles. The fraction of sp³-hybridized carbons (Fsp3) is 0.269. The maximum absolute atomic E-state index is 5.95. The zero-order valence-corrected chi connectivity index (χ0v) is 20.5. The number of nitrogens with zero attached hydrogens (tertiary/aromatic N) is 6. The summed E-state index contributed by atoms with van der Waals surface area (Å²) < 4.78 is 6.87. The van der Waals surface area contributed by atoms with Gasteiger partial charge in [-0.25, -0.2) is 15.0 Å². The van der Waals surface area contributed by atoms with E-state index in [0.717, 1.165) is 69.0 Å². The second kappa shape index (κ2) is 9.16. The molecule has 6 rings (SSSR count). The first-order chi connectivity index (χ1) is 17.2. The molecule has 0 radical (unpaired) electrons. The summed E-state index contributed by atoms with van der Waals surface area (Å²) in [5.41, 5.74) is 4.93. The molecule has 0 amide bonds. The van der Waals surface area contributed by atoms with Gasteiger partial charge < -0.3 is 15.0 Å². The molecule has 35 heavy (non-hydrogen) atoms. The minimum absolute atomic E-state index is 0.542. The van der Waals surface area contributed by atoms with E-state index < -0.39 is 0 Å². The molecule has 8 nitrogen and oxygen atoms in total. The molecule has 4 aromatic heterocycles. The lowest BCUT2D eigenvalue weighted by Gasteiger charge is -2.27. The maximum atomic E-state index is 5.95. The Balaban J connectivity index is 1.44. The van der Waals surface area contributed by atoms with Gasteiger partial charge in [-0.15, -0.1) is 11.3 Å². The first kappa shape index (κ1) is 21.8. The molecular formula is C26H25N7OS. The highest BCUT2D eigenvalue weighted by atomic mass is 32.1. The lowest BCUT2D eigenvalue weighted by Crippen LogP contribution is -2.44. The minimum Gasteiger partial charge on any atom is -0.477 e. The van der Waals surface area contributed by atoms with Crippen molar-refractivity contribution in [3.63, 3.8) is 0 Å². The molecule has 1 N–H and O–H groups in total. The number of rotatable bonds is 5. The number of hydrogen-bond acceptors (Lipinski definition) is 9. The van der Waals surface area contributed by atoms with Gasteiger partial charge in [0, 0.05) is 44.1 Å². The highest BCUT2D eigenvalue weighted by molar-refractivity contribution is 7.25. The van der Waals surface area contributed by atoms with Crippen LogP contribution in [0.5, 0.6) is 5.88 Å². The Labute approximate surface area is 207 Å². The van der Waals surface area contributed by atoms with Gasteiger partial charge in [-0.3, -0.25) is 4.98 Å². The van der Waals surface area contributed by atoms with Gasteiger partial charge in [0.15, 0.2) is 5.82 Å². The standard InChI is InChI=1S/C26H25N7OS/c1-3-34-24-22-21(30-26(32-24)33-13-11-27-12-14-33)20-16(2)29-23(31-25(20)35-22)18-8-6-17(7-9-18)19-5-4-10-28-15-19/h4-10,15,27H,3,11-14H2,1-2H3. The predicted molar refractivity (Wildman–Crippen MR) is 140 cm³/mol. The lowest BCUT2D eigenvalue weighted by atomic mass is 10.1. The van der Waals surface area contributed by atoms with Crippen LogP contribution in [0, 0.1) is 6.92 Å². The summed E-state index contributed by atoms with van der Waals surface area (Å²) in [6, 6.07) is 12.3. The molecule has 1 aliphatic rings. The Morgan fingerprint density at radius 2 is 1.77 bits per heavy atom. The quantitative estimate of drug-likeness (QED) is 0.391. The van der Waals surface area contributed by atoms with E-state index in [9.17, 15) is 0 Å². The van der Waals surface area contributed by atoms with Gasteiger partial charge in [-0.1, -0.05) is 30.3 Å². The van der Waals surface area contributed by atoms with Crippen molar-refractivity contribution < 1.29 is 4.74 Å². The van der Waals surface area contributed by atoms with Crippen molar-refractivity contribution in [1.82, 2.24) is 30.2 Å². The second-order valence-corrected chi connectivity index (χ2v) is 9.41. The summed E-state index contributed by atoms with van der Waals surface area (Å²) in [6.07, 6.45) is 3.65. The van der Waals surface area contributed by atoms with Gasteiger partial charge in [0.25, 0.3) is 0 Å². The van der Waals surface area contributed by atoms with Crippen LogP contribution in [0.2, 0.25) is 0 Å². The van der Waals surface area contributed by atoms with Gasteiger partial charge >= 0.3 is 0 Å². The van der Waals surface area contributed by atoms with Crippen LogP contribution in [0.4, 0.5) is 5.95 Å². The number of anilines is 1. The molecule has 0 atom stereocenters. The molecule has 0 aliphatic carbocycles. The van der Waals surface area contributed by atoms with Crippen molar-refractivity contribution >= 4 is 37.7 Å². The molecule has 5 aromatic rings. The van der Waals surface area contributed by atoms with Crippen LogP contribution >= 0.6 is 11.3 Å². The Kier molecular flexibility index (Phi) is 5.71. The number of nitrogens with one attached hydrogen (secondary N) is 1. The lowest BCUT2D eigenvalue weighted by molar-refractivity contribution is 0.331. The summed E-state index contributed by atoms with van der Waals surface area (Å²) in [5.74, 6) is 2.03. The molecule has 0 saturated carbocycles. The van der Waals surface area contributed by atoms with E-state index in [0.29, 0.717) is 24.3 Å². The van der Waals surface area contributed by atoms with E-state index in [-0.39, 0.29) is 0 Å². The molecular weight excluding hydrogens is 458 g/mol. The number of pyridine rings is 1. The zero-order chi connectivity index (χ0) is 23.8. The molecule has 0 bridgehead atoms. The second-order valence-electron chi connectivity index (χ2n) is 8.41. The third-order valence-electron chi connectivity index (χ3n) is 6.13. The Bertz CT molecular complexity index is 1500. The first-order valence-corrected chi connectivity index (χ1v) is 12.6. The molecule has 9 heteroatoms. The minimum atomic E-state index is 0.542. The van der Waals surface area contributed by atoms with Gasteiger partial charge in [-0.05, 0) is 31.0 Å². The molecule has 1 aliphatic heterocycles. The maximum Gasteiger partial charge on any atom is 0.236 e. The van der Waals surface area contributed by atoms with E-state index in [1.807, 2.05) is 26.1 Å². The van der Waals surface area contributed by atoms with E-state index in [4.69, 9.17) is 24.7 Å². The Hall–Kier alpha value is -3.69. The van der Waals surface area contributed by atoms with Crippen molar-refractivity contribution in [3.05, 3.63) is 54.5 Å². The molecule has 176 valence electrons. The van der Waals surface area contributed by atoms with Gasteiger partial charge in [0.2, 0.25) is 11.8 Å². The highest BCUT2D eigenvalue weighted by Crippen LogP contribution is 2.39. The number of benzene rings is 1. The fourth-order valence-electron chi connectivity index (χ4n) is 4.39. The summed E-state index contributed by atoms with van der Waals surface area (Å²) in [5, 5.41) is 4.35. The van der Waals surface area contributed by atoms with E-state index in [1.54, 1.807) is 17.5 Å². The number of aromatic nitrogens is 5. The monoisotopic (exact) mass is 483 g/mol. The van der Waals surface area contributed by atoms with E-state index >= 15 is 0 Å². The largest absolute Gasteiger partial charge is 0.477 e. The van der Waals surface area contributed by atoms with Gasteiger partial charge in [-0.2, -0.15) is 4.98 Å². The fourth-order valence-corrected chi connectivity index (χ4v) is 5.49. The molecule has 0 unspecified atom stereocenters. The summed E-state index contributed by atoms with van der Waals surface area (Å²) in [7, 11) is 0. The van der Waals surface area contributed by atoms with E-state index in [2.05, 4.69) is 45.5 Å². The average Bonchev–Trinajstić information content (AvgIpc) is 3.29. The highest BCUT2D eigenvalue weighted by Gasteiger charge is 2.22.